The van der Waals surface area contributed by atoms with E-state index in [1.807, 2.05) is 18.2 Å². The number of fused-ring (bicyclic) bond motifs is 1. The fourth-order valence-electron chi connectivity index (χ4n) is 1.95. The number of hydrogen-bond acceptors (Lipinski definition) is 4. The summed E-state index contributed by atoms with van der Waals surface area (Å²) in [6, 6.07) is 5.60. The second-order valence-electron chi connectivity index (χ2n) is 4.37. The van der Waals surface area contributed by atoms with Crippen LogP contribution in [0.5, 0.6) is 11.5 Å². The van der Waals surface area contributed by atoms with Gasteiger partial charge in [-0.25, -0.2) is 0 Å². The van der Waals surface area contributed by atoms with Crippen LogP contribution in [0, 0.1) is 0 Å². The van der Waals surface area contributed by atoms with E-state index >= 15 is 0 Å². The lowest BCUT2D eigenvalue weighted by Gasteiger charge is -2.20. The summed E-state index contributed by atoms with van der Waals surface area (Å²) < 4.78 is 10.9. The van der Waals surface area contributed by atoms with Gasteiger partial charge < -0.3 is 20.9 Å². The maximum absolute atomic E-state index is 10.7. The molecule has 0 aliphatic carbocycles. The Morgan fingerprint density at radius 2 is 2.00 bits per heavy atom. The SMILES string of the molecule is NC(=O)CCCC(N)c1ccc2c(c1)OCCO2. The molecule has 1 aromatic carbocycles. The summed E-state index contributed by atoms with van der Waals surface area (Å²) in [6.07, 6.45) is 1.80. The number of rotatable bonds is 5. The van der Waals surface area contributed by atoms with Crippen LogP contribution in [-0.2, 0) is 4.79 Å². The topological polar surface area (TPSA) is 87.6 Å². The van der Waals surface area contributed by atoms with Gasteiger partial charge in [0.15, 0.2) is 11.5 Å². The third kappa shape index (κ3) is 3.13. The van der Waals surface area contributed by atoms with Gasteiger partial charge in [0.25, 0.3) is 0 Å². The summed E-state index contributed by atoms with van der Waals surface area (Å²) in [6.45, 7) is 1.14. The van der Waals surface area contributed by atoms with Gasteiger partial charge in [-0.15, -0.1) is 0 Å². The highest BCUT2D eigenvalue weighted by molar-refractivity contribution is 5.73. The summed E-state index contributed by atoms with van der Waals surface area (Å²) in [5.41, 5.74) is 12.1. The highest BCUT2D eigenvalue weighted by Gasteiger charge is 2.14. The number of amides is 1. The van der Waals surface area contributed by atoms with E-state index in [1.54, 1.807) is 0 Å². The van der Waals surface area contributed by atoms with Crippen LogP contribution >= 0.6 is 0 Å². The minimum Gasteiger partial charge on any atom is -0.486 e. The first-order valence-electron chi connectivity index (χ1n) is 6.10. The van der Waals surface area contributed by atoms with E-state index < -0.39 is 0 Å². The molecule has 1 heterocycles. The number of carbonyl (C=O) groups is 1. The Bertz CT molecular complexity index is 434. The van der Waals surface area contributed by atoms with Crippen molar-refractivity contribution in [1.29, 1.82) is 0 Å². The van der Waals surface area contributed by atoms with E-state index in [0.29, 0.717) is 26.1 Å². The van der Waals surface area contributed by atoms with Crippen LogP contribution in [0.15, 0.2) is 18.2 Å². The van der Waals surface area contributed by atoms with Crippen LogP contribution in [0.4, 0.5) is 0 Å². The van der Waals surface area contributed by atoms with Crippen molar-refractivity contribution in [2.45, 2.75) is 25.3 Å². The molecule has 1 atom stereocenters. The summed E-state index contributed by atoms with van der Waals surface area (Å²) >= 11 is 0. The molecule has 1 aromatic rings. The second kappa shape index (κ2) is 5.73. The van der Waals surface area contributed by atoms with Crippen LogP contribution in [0.3, 0.4) is 0 Å². The second-order valence-corrected chi connectivity index (χ2v) is 4.37. The molecule has 0 aromatic heterocycles. The standard InChI is InChI=1S/C13H18N2O3/c14-10(2-1-3-13(15)16)9-4-5-11-12(8-9)18-7-6-17-11/h4-5,8,10H,1-3,6-7,14H2,(H2,15,16). The molecule has 5 nitrogen and oxygen atoms in total. The third-order valence-electron chi connectivity index (χ3n) is 2.93. The van der Waals surface area contributed by atoms with Crippen LogP contribution < -0.4 is 20.9 Å². The molecule has 1 aliphatic heterocycles. The summed E-state index contributed by atoms with van der Waals surface area (Å²) in [5, 5.41) is 0. The Kier molecular flexibility index (Phi) is 4.04. The largest absolute Gasteiger partial charge is 0.486 e. The Labute approximate surface area is 106 Å². The van der Waals surface area contributed by atoms with Crippen molar-refractivity contribution in [3.63, 3.8) is 0 Å². The Hall–Kier alpha value is -1.75. The fourth-order valence-corrected chi connectivity index (χ4v) is 1.95. The van der Waals surface area contributed by atoms with Gasteiger partial charge in [-0.2, -0.15) is 0 Å². The van der Waals surface area contributed by atoms with Gasteiger partial charge in [0.1, 0.15) is 13.2 Å². The van der Waals surface area contributed by atoms with Crippen molar-refractivity contribution in [3.8, 4) is 11.5 Å². The summed E-state index contributed by atoms with van der Waals surface area (Å²) in [5.74, 6) is 1.21. The van der Waals surface area contributed by atoms with E-state index in [9.17, 15) is 4.79 Å². The first-order chi connectivity index (χ1) is 8.66. The Morgan fingerprint density at radius 1 is 1.28 bits per heavy atom. The van der Waals surface area contributed by atoms with Crippen molar-refractivity contribution >= 4 is 5.91 Å². The zero-order chi connectivity index (χ0) is 13.0. The molecule has 0 saturated carbocycles. The molecule has 4 N–H and O–H groups in total. The number of benzene rings is 1. The smallest absolute Gasteiger partial charge is 0.217 e. The quantitative estimate of drug-likeness (QED) is 0.819. The number of nitrogens with two attached hydrogens (primary N) is 2. The van der Waals surface area contributed by atoms with Gasteiger partial charge in [-0.3, -0.25) is 4.79 Å². The first kappa shape index (κ1) is 12.7. The number of hydrogen-bond donors (Lipinski definition) is 2. The monoisotopic (exact) mass is 250 g/mol. The van der Waals surface area contributed by atoms with Crippen molar-refractivity contribution in [1.82, 2.24) is 0 Å². The number of primary amides is 1. The average Bonchev–Trinajstić information content (AvgIpc) is 2.37. The number of carbonyl (C=O) groups excluding carboxylic acids is 1. The molecule has 1 amide bonds. The minimum atomic E-state index is -0.288. The predicted octanol–water partition coefficient (Wildman–Crippen LogP) is 1.11. The maximum Gasteiger partial charge on any atom is 0.217 e. The van der Waals surface area contributed by atoms with Gasteiger partial charge >= 0.3 is 0 Å². The molecule has 5 heteroatoms. The van der Waals surface area contributed by atoms with Crippen molar-refractivity contribution in [2.75, 3.05) is 13.2 Å². The van der Waals surface area contributed by atoms with Crippen molar-refractivity contribution < 1.29 is 14.3 Å². The molecule has 0 bridgehead atoms. The van der Waals surface area contributed by atoms with Crippen molar-refractivity contribution in [2.24, 2.45) is 11.5 Å². The molecule has 98 valence electrons. The van der Waals surface area contributed by atoms with Gasteiger partial charge in [0.2, 0.25) is 5.91 Å². The molecular formula is C13H18N2O3. The van der Waals surface area contributed by atoms with Gasteiger partial charge in [-0.05, 0) is 30.5 Å². The summed E-state index contributed by atoms with van der Waals surface area (Å²) in [4.78, 5) is 10.7. The third-order valence-corrected chi connectivity index (χ3v) is 2.93. The van der Waals surface area contributed by atoms with E-state index in [1.165, 1.54) is 0 Å². The van der Waals surface area contributed by atoms with E-state index in [0.717, 1.165) is 23.5 Å². The van der Waals surface area contributed by atoms with E-state index in [4.69, 9.17) is 20.9 Å². The highest BCUT2D eigenvalue weighted by Crippen LogP contribution is 2.33. The Balaban J connectivity index is 1.97. The first-order valence-corrected chi connectivity index (χ1v) is 6.10. The molecule has 2 rings (SSSR count). The van der Waals surface area contributed by atoms with Crippen LogP contribution in [0.1, 0.15) is 30.9 Å². The Morgan fingerprint density at radius 3 is 2.72 bits per heavy atom. The highest BCUT2D eigenvalue weighted by atomic mass is 16.6. The minimum absolute atomic E-state index is 0.111. The molecule has 0 saturated heterocycles. The average molecular weight is 250 g/mol. The van der Waals surface area contributed by atoms with Crippen molar-refractivity contribution in [3.05, 3.63) is 23.8 Å². The molecule has 0 spiro atoms. The summed E-state index contributed by atoms with van der Waals surface area (Å²) in [7, 11) is 0. The zero-order valence-electron chi connectivity index (χ0n) is 10.2. The predicted molar refractivity (Wildman–Crippen MR) is 67.4 cm³/mol. The van der Waals surface area contributed by atoms with Gasteiger partial charge in [0.05, 0.1) is 0 Å². The lowest BCUT2D eigenvalue weighted by molar-refractivity contribution is -0.118. The lowest BCUT2D eigenvalue weighted by atomic mass is 10.0. The van der Waals surface area contributed by atoms with Gasteiger partial charge in [0, 0.05) is 12.5 Å². The fraction of sp³-hybridized carbons (Fsp3) is 0.462. The van der Waals surface area contributed by atoms with Crippen LogP contribution in [0.25, 0.3) is 0 Å². The molecule has 1 unspecified atom stereocenters. The maximum atomic E-state index is 10.7. The molecule has 0 radical (unpaired) electrons. The van der Waals surface area contributed by atoms with Gasteiger partial charge in [-0.1, -0.05) is 6.07 Å². The van der Waals surface area contributed by atoms with Crippen LogP contribution in [-0.4, -0.2) is 19.1 Å². The molecule has 18 heavy (non-hydrogen) atoms. The molecular weight excluding hydrogens is 232 g/mol. The number of ether oxygens (including phenoxy) is 2. The van der Waals surface area contributed by atoms with Crippen LogP contribution in [0.2, 0.25) is 0 Å². The molecule has 0 fully saturated rings. The zero-order valence-corrected chi connectivity index (χ0v) is 10.2. The van der Waals surface area contributed by atoms with E-state index in [-0.39, 0.29) is 11.9 Å². The van der Waals surface area contributed by atoms with E-state index in [2.05, 4.69) is 0 Å². The normalized spacial score (nSPS) is 15.2. The molecule has 1 aliphatic rings. The lowest BCUT2D eigenvalue weighted by Crippen LogP contribution is -2.17.